The molecule has 0 saturated heterocycles. The molecule has 1 aromatic carbocycles. The van der Waals surface area contributed by atoms with Crippen LogP contribution in [-0.4, -0.2) is 14.2 Å². The van der Waals surface area contributed by atoms with Crippen LogP contribution in [0.15, 0.2) is 18.2 Å². The molecule has 0 amide bonds. The highest BCUT2D eigenvalue weighted by atomic mass is 35.5. The molecule has 16 heavy (non-hydrogen) atoms. The van der Waals surface area contributed by atoms with Crippen molar-refractivity contribution in [2.75, 3.05) is 16.2 Å². The summed E-state index contributed by atoms with van der Waals surface area (Å²) in [6.07, 6.45) is 1.45. The molecule has 0 aliphatic carbocycles. The summed E-state index contributed by atoms with van der Waals surface area (Å²) in [4.78, 5) is 0. The first-order chi connectivity index (χ1) is 7.44. The third-order valence-electron chi connectivity index (χ3n) is 2.05. The van der Waals surface area contributed by atoms with Crippen molar-refractivity contribution >= 4 is 33.0 Å². The first-order valence-corrected chi connectivity index (χ1v) is 7.03. The van der Waals surface area contributed by atoms with Gasteiger partial charge in [0.15, 0.2) is 0 Å². The fourth-order valence-electron chi connectivity index (χ4n) is 1.17. The summed E-state index contributed by atoms with van der Waals surface area (Å²) in [5.74, 6) is 0.0927. The fourth-order valence-corrected chi connectivity index (χ4v) is 2.62. The summed E-state index contributed by atoms with van der Waals surface area (Å²) in [6, 6.07) is 4.68. The fraction of sp³-hybridized carbons (Fsp3) is 0.400. The van der Waals surface area contributed by atoms with Gasteiger partial charge in [0, 0.05) is 5.02 Å². The minimum atomic E-state index is -3.32. The maximum absolute atomic E-state index is 11.6. The summed E-state index contributed by atoms with van der Waals surface area (Å²) in [6.45, 7) is 1.93. The van der Waals surface area contributed by atoms with Gasteiger partial charge in [0.1, 0.15) is 0 Å². The van der Waals surface area contributed by atoms with Gasteiger partial charge in [-0.1, -0.05) is 24.9 Å². The number of anilines is 2. The van der Waals surface area contributed by atoms with E-state index in [-0.39, 0.29) is 5.75 Å². The van der Waals surface area contributed by atoms with Gasteiger partial charge in [0.2, 0.25) is 10.0 Å². The van der Waals surface area contributed by atoms with Gasteiger partial charge in [-0.3, -0.25) is 4.72 Å². The lowest BCUT2D eigenvalue weighted by atomic mass is 10.3. The first kappa shape index (κ1) is 13.1. The Bertz CT molecular complexity index is 460. The summed E-state index contributed by atoms with van der Waals surface area (Å²) in [7, 11) is -3.32. The number of benzene rings is 1. The average molecular weight is 263 g/mol. The van der Waals surface area contributed by atoms with E-state index in [0.29, 0.717) is 22.8 Å². The summed E-state index contributed by atoms with van der Waals surface area (Å²) in [5.41, 5.74) is 6.34. The highest BCUT2D eigenvalue weighted by molar-refractivity contribution is 7.92. The van der Waals surface area contributed by atoms with Crippen LogP contribution in [0.2, 0.25) is 5.02 Å². The molecule has 6 heteroatoms. The van der Waals surface area contributed by atoms with Crippen LogP contribution < -0.4 is 10.5 Å². The van der Waals surface area contributed by atoms with E-state index in [0.717, 1.165) is 6.42 Å². The van der Waals surface area contributed by atoms with Crippen molar-refractivity contribution < 1.29 is 8.42 Å². The number of rotatable bonds is 5. The van der Waals surface area contributed by atoms with E-state index < -0.39 is 10.0 Å². The van der Waals surface area contributed by atoms with Crippen LogP contribution in [0.3, 0.4) is 0 Å². The van der Waals surface area contributed by atoms with Gasteiger partial charge in [-0.25, -0.2) is 8.42 Å². The van der Waals surface area contributed by atoms with Crippen molar-refractivity contribution in [3.63, 3.8) is 0 Å². The molecule has 1 aromatic rings. The predicted molar refractivity (Wildman–Crippen MR) is 68.2 cm³/mol. The lowest BCUT2D eigenvalue weighted by Gasteiger charge is -2.10. The van der Waals surface area contributed by atoms with Crippen molar-refractivity contribution in [3.8, 4) is 0 Å². The lowest BCUT2D eigenvalue weighted by molar-refractivity contribution is 0.598. The monoisotopic (exact) mass is 262 g/mol. The molecule has 0 saturated carbocycles. The molecule has 1 rings (SSSR count). The van der Waals surface area contributed by atoms with E-state index in [2.05, 4.69) is 4.72 Å². The molecule has 0 spiro atoms. The number of nitrogens with two attached hydrogens (primary N) is 1. The molecule has 0 unspecified atom stereocenters. The number of sulfonamides is 1. The second-order valence-electron chi connectivity index (χ2n) is 3.51. The molecule has 0 bridgehead atoms. The van der Waals surface area contributed by atoms with Crippen LogP contribution in [-0.2, 0) is 10.0 Å². The Morgan fingerprint density at radius 1 is 1.44 bits per heavy atom. The Balaban J connectivity index is 2.83. The number of unbranched alkanes of at least 4 members (excludes halogenated alkanes) is 1. The zero-order valence-corrected chi connectivity index (χ0v) is 10.6. The second-order valence-corrected chi connectivity index (χ2v) is 5.78. The van der Waals surface area contributed by atoms with Crippen LogP contribution in [0.5, 0.6) is 0 Å². The number of halogens is 1. The third-order valence-corrected chi connectivity index (χ3v) is 3.64. The summed E-state index contributed by atoms with van der Waals surface area (Å²) < 4.78 is 25.7. The van der Waals surface area contributed by atoms with E-state index in [1.165, 1.54) is 6.07 Å². The van der Waals surface area contributed by atoms with Crippen LogP contribution in [0.4, 0.5) is 11.4 Å². The minimum Gasteiger partial charge on any atom is -0.397 e. The number of hydrogen-bond acceptors (Lipinski definition) is 3. The van der Waals surface area contributed by atoms with Gasteiger partial charge in [-0.05, 0) is 24.6 Å². The molecule has 0 fully saturated rings. The standard InChI is InChI=1S/C10H15ClN2O2S/c1-2-3-6-16(14,15)13-10-7-8(11)4-5-9(10)12/h4-5,7,13H,2-3,6,12H2,1H3. The molecule has 90 valence electrons. The molecular weight excluding hydrogens is 248 g/mol. The topological polar surface area (TPSA) is 72.2 Å². The smallest absolute Gasteiger partial charge is 0.232 e. The van der Waals surface area contributed by atoms with E-state index >= 15 is 0 Å². The second kappa shape index (κ2) is 5.41. The quantitative estimate of drug-likeness (QED) is 0.801. The third kappa shape index (κ3) is 3.90. The molecule has 0 radical (unpaired) electrons. The van der Waals surface area contributed by atoms with Gasteiger partial charge >= 0.3 is 0 Å². The van der Waals surface area contributed by atoms with E-state index in [4.69, 9.17) is 17.3 Å². The van der Waals surface area contributed by atoms with Crippen molar-refractivity contribution in [1.29, 1.82) is 0 Å². The highest BCUT2D eigenvalue weighted by Gasteiger charge is 2.11. The molecule has 0 aromatic heterocycles. The SMILES string of the molecule is CCCCS(=O)(=O)Nc1cc(Cl)ccc1N. The number of nitrogen functional groups attached to an aromatic ring is 1. The van der Waals surface area contributed by atoms with Crippen molar-refractivity contribution in [1.82, 2.24) is 0 Å². The first-order valence-electron chi connectivity index (χ1n) is 5.00. The number of hydrogen-bond donors (Lipinski definition) is 2. The Labute approximate surface area is 101 Å². The summed E-state index contributed by atoms with van der Waals surface area (Å²) in [5, 5.41) is 0.447. The van der Waals surface area contributed by atoms with Crippen LogP contribution >= 0.6 is 11.6 Å². The van der Waals surface area contributed by atoms with Crippen LogP contribution in [0, 0.1) is 0 Å². The molecule has 0 heterocycles. The van der Waals surface area contributed by atoms with Gasteiger partial charge in [0.05, 0.1) is 17.1 Å². The largest absolute Gasteiger partial charge is 0.397 e. The maximum atomic E-state index is 11.6. The Morgan fingerprint density at radius 3 is 2.75 bits per heavy atom. The van der Waals surface area contributed by atoms with Crippen molar-refractivity contribution in [2.24, 2.45) is 0 Å². The highest BCUT2D eigenvalue weighted by Crippen LogP contribution is 2.24. The van der Waals surface area contributed by atoms with Gasteiger partial charge < -0.3 is 5.73 Å². The van der Waals surface area contributed by atoms with E-state index in [1.807, 2.05) is 6.92 Å². The lowest BCUT2D eigenvalue weighted by Crippen LogP contribution is -2.17. The van der Waals surface area contributed by atoms with Crippen molar-refractivity contribution in [2.45, 2.75) is 19.8 Å². The molecule has 0 aliphatic heterocycles. The predicted octanol–water partition coefficient (Wildman–Crippen LogP) is 2.46. The van der Waals surface area contributed by atoms with Crippen LogP contribution in [0.1, 0.15) is 19.8 Å². The molecule has 3 N–H and O–H groups in total. The normalized spacial score (nSPS) is 11.4. The maximum Gasteiger partial charge on any atom is 0.232 e. The Morgan fingerprint density at radius 2 is 2.12 bits per heavy atom. The van der Waals surface area contributed by atoms with E-state index in [9.17, 15) is 8.42 Å². The van der Waals surface area contributed by atoms with Crippen molar-refractivity contribution in [3.05, 3.63) is 23.2 Å². The van der Waals surface area contributed by atoms with Gasteiger partial charge in [0.25, 0.3) is 0 Å². The van der Waals surface area contributed by atoms with Gasteiger partial charge in [-0.2, -0.15) is 0 Å². The van der Waals surface area contributed by atoms with Gasteiger partial charge in [-0.15, -0.1) is 0 Å². The number of nitrogens with one attached hydrogen (secondary N) is 1. The zero-order valence-electron chi connectivity index (χ0n) is 9.03. The zero-order chi connectivity index (χ0) is 12.2. The Kier molecular flexibility index (Phi) is 4.44. The summed E-state index contributed by atoms with van der Waals surface area (Å²) >= 11 is 5.76. The Hall–Kier alpha value is -0.940. The van der Waals surface area contributed by atoms with E-state index in [1.54, 1.807) is 12.1 Å². The van der Waals surface area contributed by atoms with Crippen LogP contribution in [0.25, 0.3) is 0 Å². The average Bonchev–Trinajstić information content (AvgIpc) is 2.20. The molecule has 0 aliphatic rings. The minimum absolute atomic E-state index is 0.0927. The molecule has 4 nitrogen and oxygen atoms in total. The molecule has 0 atom stereocenters. The molecular formula is C10H15ClN2O2S.